The number of nitriles is 1. The van der Waals surface area contributed by atoms with Gasteiger partial charge in [0.05, 0.1) is 17.8 Å². The van der Waals surface area contributed by atoms with Crippen LogP contribution in [0.15, 0.2) is 41.7 Å². The van der Waals surface area contributed by atoms with Crippen LogP contribution in [0.25, 0.3) is 0 Å². The van der Waals surface area contributed by atoms with Crippen molar-refractivity contribution in [3.05, 3.63) is 53.3 Å². The number of aromatic nitrogens is 2. The Morgan fingerprint density at radius 3 is 2.78 bits per heavy atom. The highest BCUT2D eigenvalue weighted by Crippen LogP contribution is 2.01. The second-order valence-electron chi connectivity index (χ2n) is 4.04. The van der Waals surface area contributed by atoms with E-state index in [0.717, 1.165) is 18.5 Å². The van der Waals surface area contributed by atoms with Gasteiger partial charge in [-0.2, -0.15) is 10.4 Å². The minimum Gasteiger partial charge on any atom is -0.292 e. The maximum absolute atomic E-state index is 8.68. The fourth-order valence-corrected chi connectivity index (χ4v) is 1.61. The molecule has 0 N–H and O–H groups in total. The van der Waals surface area contributed by atoms with Crippen molar-refractivity contribution < 1.29 is 0 Å². The molecule has 0 amide bonds. The van der Waals surface area contributed by atoms with Crippen LogP contribution in [-0.4, -0.2) is 22.5 Å². The first-order chi connectivity index (χ1) is 8.78. The first kappa shape index (κ1) is 12.1. The van der Waals surface area contributed by atoms with Gasteiger partial charge in [-0.3, -0.25) is 9.67 Å². The molecular weight excluding hydrogens is 224 g/mol. The van der Waals surface area contributed by atoms with Gasteiger partial charge in [-0.15, -0.1) is 0 Å². The summed E-state index contributed by atoms with van der Waals surface area (Å²) >= 11 is 0. The van der Waals surface area contributed by atoms with Crippen molar-refractivity contribution in [1.29, 1.82) is 5.26 Å². The molecule has 0 aliphatic heterocycles. The van der Waals surface area contributed by atoms with Gasteiger partial charge in [-0.25, -0.2) is 0 Å². The maximum Gasteiger partial charge on any atom is 0.0991 e. The van der Waals surface area contributed by atoms with Crippen LogP contribution in [0.5, 0.6) is 0 Å². The number of hydrogen-bond acceptors (Lipinski definition) is 3. The minimum atomic E-state index is 0.669. The van der Waals surface area contributed by atoms with Crippen molar-refractivity contribution in [2.45, 2.75) is 6.42 Å². The number of benzene rings is 1. The minimum absolute atomic E-state index is 0.669. The third kappa shape index (κ3) is 3.29. The zero-order valence-electron chi connectivity index (χ0n) is 10.2. The molecule has 0 radical (unpaired) electrons. The summed E-state index contributed by atoms with van der Waals surface area (Å²) in [6.45, 7) is 0.742. The quantitative estimate of drug-likeness (QED) is 0.764. The topological polar surface area (TPSA) is 54.0 Å². The SMILES string of the molecule is Cn1cc(CCN=Cc2ccc(C#N)cc2)cn1. The molecule has 18 heavy (non-hydrogen) atoms. The zero-order chi connectivity index (χ0) is 12.8. The normalized spacial score (nSPS) is 10.7. The molecule has 0 saturated carbocycles. The molecule has 0 spiro atoms. The van der Waals surface area contributed by atoms with Gasteiger partial charge in [0.2, 0.25) is 0 Å². The Kier molecular flexibility index (Phi) is 3.87. The Bertz CT molecular complexity index is 573. The van der Waals surface area contributed by atoms with E-state index in [4.69, 9.17) is 5.26 Å². The number of aryl methyl sites for hydroxylation is 1. The summed E-state index contributed by atoms with van der Waals surface area (Å²) in [7, 11) is 1.91. The lowest BCUT2D eigenvalue weighted by atomic mass is 10.2. The van der Waals surface area contributed by atoms with Crippen molar-refractivity contribution in [1.82, 2.24) is 9.78 Å². The number of nitrogens with zero attached hydrogens (tertiary/aromatic N) is 4. The predicted molar refractivity (Wildman–Crippen MR) is 70.5 cm³/mol. The third-order valence-electron chi connectivity index (χ3n) is 2.57. The van der Waals surface area contributed by atoms with Gasteiger partial charge in [0.1, 0.15) is 0 Å². The maximum atomic E-state index is 8.68. The van der Waals surface area contributed by atoms with Crippen LogP contribution < -0.4 is 0 Å². The molecule has 1 heterocycles. The summed E-state index contributed by atoms with van der Waals surface area (Å²) in [5.41, 5.74) is 2.87. The van der Waals surface area contributed by atoms with E-state index in [1.165, 1.54) is 5.56 Å². The zero-order valence-corrected chi connectivity index (χ0v) is 10.2. The van der Waals surface area contributed by atoms with Gasteiger partial charge < -0.3 is 0 Å². The largest absolute Gasteiger partial charge is 0.292 e. The summed E-state index contributed by atoms with van der Waals surface area (Å²) < 4.78 is 1.79. The molecule has 90 valence electrons. The molecule has 2 aromatic rings. The molecule has 0 atom stereocenters. The van der Waals surface area contributed by atoms with Crippen molar-refractivity contribution in [2.24, 2.45) is 12.0 Å². The van der Waals surface area contributed by atoms with Crippen LogP contribution in [0.1, 0.15) is 16.7 Å². The summed E-state index contributed by atoms with van der Waals surface area (Å²) in [5, 5.41) is 12.8. The average molecular weight is 238 g/mol. The summed E-state index contributed by atoms with van der Waals surface area (Å²) in [5.74, 6) is 0. The van der Waals surface area contributed by atoms with Crippen LogP contribution in [-0.2, 0) is 13.5 Å². The summed E-state index contributed by atoms with van der Waals surface area (Å²) in [4.78, 5) is 4.36. The smallest absolute Gasteiger partial charge is 0.0991 e. The van der Waals surface area contributed by atoms with E-state index in [1.54, 1.807) is 16.8 Å². The van der Waals surface area contributed by atoms with Gasteiger partial charge in [0.15, 0.2) is 0 Å². The molecule has 0 aliphatic rings. The molecule has 0 fully saturated rings. The summed E-state index contributed by atoms with van der Waals surface area (Å²) in [6.07, 6.45) is 6.58. The summed E-state index contributed by atoms with van der Waals surface area (Å²) in [6, 6.07) is 9.47. The fourth-order valence-electron chi connectivity index (χ4n) is 1.61. The Hall–Kier alpha value is -2.41. The number of rotatable bonds is 4. The van der Waals surface area contributed by atoms with E-state index in [2.05, 4.69) is 16.2 Å². The molecule has 1 aromatic carbocycles. The molecule has 4 nitrogen and oxygen atoms in total. The Morgan fingerprint density at radius 1 is 1.39 bits per heavy atom. The van der Waals surface area contributed by atoms with E-state index in [1.807, 2.05) is 37.8 Å². The molecule has 4 heteroatoms. The van der Waals surface area contributed by atoms with Crippen molar-refractivity contribution in [3.8, 4) is 6.07 Å². The van der Waals surface area contributed by atoms with E-state index < -0.39 is 0 Å². The van der Waals surface area contributed by atoms with Crippen LogP contribution in [0.4, 0.5) is 0 Å². The second-order valence-corrected chi connectivity index (χ2v) is 4.04. The standard InChI is InChI=1S/C14H14N4/c1-18-11-14(10-17-18)6-7-16-9-13-4-2-12(8-15)3-5-13/h2-5,9-11H,6-7H2,1H3. The van der Waals surface area contributed by atoms with E-state index in [0.29, 0.717) is 5.56 Å². The van der Waals surface area contributed by atoms with E-state index in [-0.39, 0.29) is 0 Å². The third-order valence-corrected chi connectivity index (χ3v) is 2.57. The molecular formula is C14H14N4. The Morgan fingerprint density at radius 2 is 2.17 bits per heavy atom. The highest BCUT2D eigenvalue weighted by Gasteiger charge is 1.94. The highest BCUT2D eigenvalue weighted by molar-refractivity contribution is 5.79. The lowest BCUT2D eigenvalue weighted by Gasteiger charge is -1.94. The van der Waals surface area contributed by atoms with Gasteiger partial charge in [-0.1, -0.05) is 12.1 Å². The molecule has 1 aromatic heterocycles. The van der Waals surface area contributed by atoms with Gasteiger partial charge in [0.25, 0.3) is 0 Å². The van der Waals surface area contributed by atoms with Gasteiger partial charge in [0, 0.05) is 26.0 Å². The van der Waals surface area contributed by atoms with Crippen LogP contribution >= 0.6 is 0 Å². The molecule has 0 unspecified atom stereocenters. The van der Waals surface area contributed by atoms with Crippen LogP contribution in [0.3, 0.4) is 0 Å². The van der Waals surface area contributed by atoms with Crippen molar-refractivity contribution in [2.75, 3.05) is 6.54 Å². The van der Waals surface area contributed by atoms with E-state index >= 15 is 0 Å². The fraction of sp³-hybridized carbons (Fsp3) is 0.214. The van der Waals surface area contributed by atoms with Crippen molar-refractivity contribution >= 4 is 6.21 Å². The highest BCUT2D eigenvalue weighted by atomic mass is 15.2. The lowest BCUT2D eigenvalue weighted by molar-refractivity contribution is 0.766. The Labute approximate surface area is 106 Å². The lowest BCUT2D eigenvalue weighted by Crippen LogP contribution is -1.90. The first-order valence-electron chi connectivity index (χ1n) is 5.75. The predicted octanol–water partition coefficient (Wildman–Crippen LogP) is 1.95. The molecule has 0 bridgehead atoms. The second kappa shape index (κ2) is 5.78. The number of aliphatic imine (C=N–C) groups is 1. The average Bonchev–Trinajstić information content (AvgIpc) is 2.81. The first-order valence-corrected chi connectivity index (χ1v) is 5.75. The molecule has 2 rings (SSSR count). The van der Waals surface area contributed by atoms with Crippen molar-refractivity contribution in [3.63, 3.8) is 0 Å². The monoisotopic (exact) mass is 238 g/mol. The van der Waals surface area contributed by atoms with Crippen LogP contribution in [0, 0.1) is 11.3 Å². The number of hydrogen-bond donors (Lipinski definition) is 0. The molecule has 0 saturated heterocycles. The molecule has 0 aliphatic carbocycles. The Balaban J connectivity index is 1.85. The van der Waals surface area contributed by atoms with Gasteiger partial charge in [-0.05, 0) is 29.7 Å². The van der Waals surface area contributed by atoms with Gasteiger partial charge >= 0.3 is 0 Å². The van der Waals surface area contributed by atoms with E-state index in [9.17, 15) is 0 Å². The van der Waals surface area contributed by atoms with Crippen LogP contribution in [0.2, 0.25) is 0 Å².